The molecule has 2 unspecified atom stereocenters. The van der Waals surface area contributed by atoms with Crippen molar-refractivity contribution in [2.75, 3.05) is 6.61 Å². The maximum absolute atomic E-state index is 12.5. The summed E-state index contributed by atoms with van der Waals surface area (Å²) in [5, 5.41) is 0. The summed E-state index contributed by atoms with van der Waals surface area (Å²) in [7, 11) is 0. The highest BCUT2D eigenvalue weighted by Gasteiger charge is 2.42. The van der Waals surface area contributed by atoms with E-state index in [1.54, 1.807) is 0 Å². The van der Waals surface area contributed by atoms with Gasteiger partial charge < -0.3 is 9.47 Å². The Morgan fingerprint density at radius 1 is 1.11 bits per heavy atom. The topological polar surface area (TPSA) is 35.5 Å². The summed E-state index contributed by atoms with van der Waals surface area (Å²) in [6.45, 7) is 17.1. The van der Waals surface area contributed by atoms with Crippen LogP contribution in [0.1, 0.15) is 68.2 Å². The molecule has 0 aromatic rings. The average Bonchev–Trinajstić information content (AvgIpc) is 2.25. The largest absolute Gasteiger partial charge is 0.435 e. The Bertz CT molecular complexity index is 278. The van der Waals surface area contributed by atoms with Crippen LogP contribution >= 0.6 is 0 Å². The molecule has 0 heterocycles. The predicted molar refractivity (Wildman–Crippen MR) is 78.8 cm³/mol. The molecule has 0 aromatic carbocycles. The van der Waals surface area contributed by atoms with E-state index in [0.29, 0.717) is 13.0 Å². The number of esters is 1. The van der Waals surface area contributed by atoms with Crippen molar-refractivity contribution >= 4 is 5.97 Å². The molecule has 0 spiro atoms. The van der Waals surface area contributed by atoms with Crippen LogP contribution in [0.15, 0.2) is 0 Å². The van der Waals surface area contributed by atoms with Crippen molar-refractivity contribution < 1.29 is 14.3 Å². The second-order valence-corrected chi connectivity index (χ2v) is 7.01. The second-order valence-electron chi connectivity index (χ2n) is 7.01. The Hall–Kier alpha value is -0.570. The molecule has 0 aliphatic heterocycles. The predicted octanol–water partition coefficient (Wildman–Crippen LogP) is 4.40. The molecule has 0 aliphatic carbocycles. The van der Waals surface area contributed by atoms with Crippen molar-refractivity contribution in [1.82, 2.24) is 0 Å². The molecule has 0 N–H and O–H groups in total. The molecule has 3 nitrogen and oxygen atoms in total. The van der Waals surface area contributed by atoms with Crippen LogP contribution in [0.3, 0.4) is 0 Å². The lowest BCUT2D eigenvalue weighted by Crippen LogP contribution is -2.40. The van der Waals surface area contributed by atoms with Crippen molar-refractivity contribution in [3.8, 4) is 0 Å². The third-order valence-corrected chi connectivity index (χ3v) is 3.56. The van der Waals surface area contributed by atoms with Gasteiger partial charge in [0, 0.05) is 13.0 Å². The summed E-state index contributed by atoms with van der Waals surface area (Å²) in [6, 6.07) is 0. The van der Waals surface area contributed by atoms with E-state index in [1.807, 2.05) is 20.8 Å². The van der Waals surface area contributed by atoms with Crippen LogP contribution in [0.2, 0.25) is 0 Å². The van der Waals surface area contributed by atoms with Crippen LogP contribution in [0.5, 0.6) is 0 Å². The molecule has 2 atom stereocenters. The minimum Gasteiger partial charge on any atom is -0.435 e. The van der Waals surface area contributed by atoms with Gasteiger partial charge in [-0.2, -0.15) is 0 Å². The highest BCUT2D eigenvalue weighted by Crippen LogP contribution is 2.40. The highest BCUT2D eigenvalue weighted by atomic mass is 16.7. The van der Waals surface area contributed by atoms with Crippen LogP contribution in [0.25, 0.3) is 0 Å². The highest BCUT2D eigenvalue weighted by molar-refractivity contribution is 5.76. The number of rotatable bonds is 7. The molecule has 0 amide bonds. The first-order chi connectivity index (χ1) is 8.56. The zero-order valence-corrected chi connectivity index (χ0v) is 14.0. The van der Waals surface area contributed by atoms with Crippen LogP contribution in [0, 0.1) is 16.7 Å². The van der Waals surface area contributed by atoms with E-state index in [9.17, 15) is 4.79 Å². The maximum Gasteiger partial charge on any atom is 0.314 e. The van der Waals surface area contributed by atoms with E-state index in [-0.39, 0.29) is 17.3 Å². The van der Waals surface area contributed by atoms with Crippen molar-refractivity contribution in [2.45, 2.75) is 74.5 Å². The fraction of sp³-hybridized carbons (Fsp3) is 0.938. The zero-order valence-electron chi connectivity index (χ0n) is 14.0. The Morgan fingerprint density at radius 3 is 1.95 bits per heavy atom. The molecule has 19 heavy (non-hydrogen) atoms. The van der Waals surface area contributed by atoms with Gasteiger partial charge >= 0.3 is 5.97 Å². The van der Waals surface area contributed by atoms with Gasteiger partial charge in [0.15, 0.2) is 0 Å². The molecule has 0 radical (unpaired) electrons. The van der Waals surface area contributed by atoms with Gasteiger partial charge in [0.25, 0.3) is 0 Å². The minimum atomic E-state index is -0.469. The smallest absolute Gasteiger partial charge is 0.314 e. The Kier molecular flexibility index (Phi) is 7.06. The van der Waals surface area contributed by atoms with E-state index >= 15 is 0 Å². The minimum absolute atomic E-state index is 0.0887. The van der Waals surface area contributed by atoms with Gasteiger partial charge in [-0.3, -0.25) is 4.79 Å². The number of carbonyl (C=O) groups is 1. The van der Waals surface area contributed by atoms with Gasteiger partial charge in [-0.05, 0) is 31.6 Å². The molecule has 0 saturated carbocycles. The van der Waals surface area contributed by atoms with Crippen LogP contribution in [-0.4, -0.2) is 18.9 Å². The third-order valence-electron chi connectivity index (χ3n) is 3.56. The van der Waals surface area contributed by atoms with Crippen LogP contribution < -0.4 is 0 Å². The molecule has 0 fully saturated rings. The molecule has 0 bridgehead atoms. The normalized spacial score (nSPS) is 17.1. The first-order valence-electron chi connectivity index (χ1n) is 7.39. The van der Waals surface area contributed by atoms with Crippen molar-refractivity contribution in [1.29, 1.82) is 0 Å². The number of carbonyl (C=O) groups excluding carboxylic acids is 1. The maximum atomic E-state index is 12.5. The standard InChI is InChI=1S/C16H32O3/c1-9-13(18-10-2)19-14(17)16(8,12(3)4)11-15(5,6)7/h12-13H,9-11H2,1-8H3. The van der Waals surface area contributed by atoms with Gasteiger partial charge in [-0.15, -0.1) is 0 Å². The van der Waals surface area contributed by atoms with E-state index < -0.39 is 11.7 Å². The van der Waals surface area contributed by atoms with Crippen molar-refractivity contribution in [2.24, 2.45) is 16.7 Å². The fourth-order valence-electron chi connectivity index (χ4n) is 2.29. The lowest BCUT2D eigenvalue weighted by Gasteiger charge is -2.37. The van der Waals surface area contributed by atoms with Gasteiger partial charge in [-0.25, -0.2) is 0 Å². The fourth-order valence-corrected chi connectivity index (χ4v) is 2.29. The second kappa shape index (κ2) is 7.28. The number of hydrogen-bond acceptors (Lipinski definition) is 3. The van der Waals surface area contributed by atoms with E-state index in [1.165, 1.54) is 0 Å². The summed E-state index contributed by atoms with van der Waals surface area (Å²) in [5.41, 5.74) is -0.381. The average molecular weight is 272 g/mol. The third kappa shape index (κ3) is 5.94. The Balaban J connectivity index is 4.93. The molecule has 0 saturated heterocycles. The van der Waals surface area contributed by atoms with Crippen molar-refractivity contribution in [3.63, 3.8) is 0 Å². The van der Waals surface area contributed by atoms with Gasteiger partial charge in [0.05, 0.1) is 5.41 Å². The molecule has 0 rings (SSSR count). The first-order valence-corrected chi connectivity index (χ1v) is 7.39. The zero-order chi connectivity index (χ0) is 15.3. The molecular weight excluding hydrogens is 240 g/mol. The molecule has 114 valence electrons. The van der Waals surface area contributed by atoms with Crippen molar-refractivity contribution in [3.05, 3.63) is 0 Å². The summed E-state index contributed by atoms with van der Waals surface area (Å²) < 4.78 is 11.0. The lowest BCUT2D eigenvalue weighted by atomic mass is 9.69. The monoisotopic (exact) mass is 272 g/mol. The van der Waals surface area contributed by atoms with E-state index in [2.05, 4.69) is 34.6 Å². The van der Waals surface area contributed by atoms with E-state index in [0.717, 1.165) is 6.42 Å². The van der Waals surface area contributed by atoms with Gasteiger partial charge in [-0.1, -0.05) is 41.5 Å². The summed E-state index contributed by atoms with van der Waals surface area (Å²) in [6.07, 6.45) is 1.07. The van der Waals surface area contributed by atoms with Gasteiger partial charge in [0.1, 0.15) is 0 Å². The quantitative estimate of drug-likeness (QED) is 0.509. The van der Waals surface area contributed by atoms with Crippen LogP contribution in [-0.2, 0) is 14.3 Å². The lowest BCUT2D eigenvalue weighted by molar-refractivity contribution is -0.193. The molecule has 0 aliphatic rings. The molecular formula is C16H32O3. The SMILES string of the molecule is CCOC(CC)OC(=O)C(C)(CC(C)(C)C)C(C)C. The summed E-state index contributed by atoms with van der Waals surface area (Å²) in [4.78, 5) is 12.5. The number of ether oxygens (including phenoxy) is 2. The number of hydrogen-bond donors (Lipinski definition) is 0. The Labute approximate surface area is 119 Å². The molecule has 0 aromatic heterocycles. The van der Waals surface area contributed by atoms with E-state index in [4.69, 9.17) is 9.47 Å². The van der Waals surface area contributed by atoms with Gasteiger partial charge in [0.2, 0.25) is 6.29 Å². The first kappa shape index (κ1) is 18.4. The summed E-state index contributed by atoms with van der Waals surface area (Å²) in [5.74, 6) is 0.0936. The molecule has 3 heteroatoms. The summed E-state index contributed by atoms with van der Waals surface area (Å²) >= 11 is 0. The Morgan fingerprint density at radius 2 is 1.63 bits per heavy atom. The van der Waals surface area contributed by atoms with Crippen LogP contribution in [0.4, 0.5) is 0 Å².